The second kappa shape index (κ2) is 7.01. The summed E-state index contributed by atoms with van der Waals surface area (Å²) in [6.45, 7) is 8.10. The van der Waals surface area contributed by atoms with Crippen molar-refractivity contribution in [3.63, 3.8) is 0 Å². The van der Waals surface area contributed by atoms with Gasteiger partial charge in [-0.3, -0.25) is 4.79 Å². The fourth-order valence-electron chi connectivity index (χ4n) is 1.76. The molecular weight excluding hydrogens is 226 g/mol. The zero-order valence-corrected chi connectivity index (χ0v) is 11.4. The van der Waals surface area contributed by atoms with Gasteiger partial charge in [0.25, 0.3) is 0 Å². The van der Waals surface area contributed by atoms with Gasteiger partial charge in [0.1, 0.15) is 0 Å². The number of rotatable bonds is 6. The maximum atomic E-state index is 11.6. The molecule has 0 fully saturated rings. The summed E-state index contributed by atoms with van der Waals surface area (Å²) < 4.78 is 0. The standard InChI is InChI=1S/C14H23N3O/c1-4-13(15)14(18)16-11-7-9-12(10-8-11)17(5-2)6-3/h7-10,13H,4-6,15H2,1-3H3,(H,16,18). The molecule has 100 valence electrons. The van der Waals surface area contributed by atoms with Gasteiger partial charge in [0.2, 0.25) is 5.91 Å². The molecule has 4 nitrogen and oxygen atoms in total. The summed E-state index contributed by atoms with van der Waals surface area (Å²) in [6.07, 6.45) is 0.642. The molecule has 0 bridgehead atoms. The molecule has 3 N–H and O–H groups in total. The van der Waals surface area contributed by atoms with Crippen molar-refractivity contribution in [2.45, 2.75) is 33.2 Å². The van der Waals surface area contributed by atoms with Gasteiger partial charge in [-0.15, -0.1) is 0 Å². The Bertz CT molecular complexity index is 371. The number of nitrogens with one attached hydrogen (secondary N) is 1. The van der Waals surface area contributed by atoms with Gasteiger partial charge < -0.3 is 16.0 Å². The monoisotopic (exact) mass is 249 g/mol. The van der Waals surface area contributed by atoms with E-state index in [2.05, 4.69) is 24.1 Å². The van der Waals surface area contributed by atoms with Crippen LogP contribution in [0.5, 0.6) is 0 Å². The van der Waals surface area contributed by atoms with E-state index in [4.69, 9.17) is 5.73 Å². The summed E-state index contributed by atoms with van der Waals surface area (Å²) in [5, 5.41) is 2.81. The van der Waals surface area contributed by atoms with Crippen LogP contribution in [-0.4, -0.2) is 25.0 Å². The second-order valence-corrected chi connectivity index (χ2v) is 4.22. The van der Waals surface area contributed by atoms with Crippen molar-refractivity contribution in [1.82, 2.24) is 0 Å². The SMILES string of the molecule is CCC(N)C(=O)Nc1ccc(N(CC)CC)cc1. The number of nitrogens with zero attached hydrogens (tertiary/aromatic N) is 1. The summed E-state index contributed by atoms with van der Waals surface area (Å²) in [7, 11) is 0. The average Bonchev–Trinajstić information content (AvgIpc) is 2.41. The predicted molar refractivity (Wildman–Crippen MR) is 76.9 cm³/mol. The number of carbonyl (C=O) groups excluding carboxylic acids is 1. The summed E-state index contributed by atoms with van der Waals surface area (Å²) in [5.74, 6) is -0.131. The molecule has 0 saturated heterocycles. The van der Waals surface area contributed by atoms with Gasteiger partial charge in [0.05, 0.1) is 6.04 Å². The highest BCUT2D eigenvalue weighted by Crippen LogP contribution is 2.17. The van der Waals surface area contributed by atoms with E-state index >= 15 is 0 Å². The van der Waals surface area contributed by atoms with Crippen molar-refractivity contribution in [2.75, 3.05) is 23.3 Å². The first-order chi connectivity index (χ1) is 8.62. The summed E-state index contributed by atoms with van der Waals surface area (Å²) in [6, 6.07) is 7.41. The molecule has 0 spiro atoms. The van der Waals surface area contributed by atoms with E-state index in [1.54, 1.807) is 0 Å². The number of benzene rings is 1. The highest BCUT2D eigenvalue weighted by atomic mass is 16.2. The first-order valence-corrected chi connectivity index (χ1v) is 6.53. The maximum Gasteiger partial charge on any atom is 0.241 e. The number of anilines is 2. The van der Waals surface area contributed by atoms with Crippen LogP contribution < -0.4 is 16.0 Å². The lowest BCUT2D eigenvalue weighted by molar-refractivity contribution is -0.117. The van der Waals surface area contributed by atoms with Gasteiger partial charge >= 0.3 is 0 Å². The third-order valence-corrected chi connectivity index (χ3v) is 3.04. The van der Waals surface area contributed by atoms with Crippen molar-refractivity contribution in [3.05, 3.63) is 24.3 Å². The molecule has 1 aromatic rings. The van der Waals surface area contributed by atoms with E-state index in [1.165, 1.54) is 0 Å². The second-order valence-electron chi connectivity index (χ2n) is 4.22. The van der Waals surface area contributed by atoms with Crippen molar-refractivity contribution in [2.24, 2.45) is 5.73 Å². The first-order valence-electron chi connectivity index (χ1n) is 6.53. The quantitative estimate of drug-likeness (QED) is 0.812. The Hall–Kier alpha value is -1.55. The minimum atomic E-state index is -0.438. The largest absolute Gasteiger partial charge is 0.372 e. The van der Waals surface area contributed by atoms with E-state index in [-0.39, 0.29) is 5.91 Å². The fourth-order valence-corrected chi connectivity index (χ4v) is 1.76. The van der Waals surface area contributed by atoms with Gasteiger partial charge in [-0.1, -0.05) is 6.92 Å². The van der Waals surface area contributed by atoms with E-state index in [0.717, 1.165) is 24.5 Å². The summed E-state index contributed by atoms with van der Waals surface area (Å²) in [5.41, 5.74) is 7.62. The molecule has 0 aromatic heterocycles. The number of carbonyl (C=O) groups is 1. The normalized spacial score (nSPS) is 12.0. The fraction of sp³-hybridized carbons (Fsp3) is 0.500. The minimum Gasteiger partial charge on any atom is -0.372 e. The van der Waals surface area contributed by atoms with Crippen molar-refractivity contribution in [3.8, 4) is 0 Å². The van der Waals surface area contributed by atoms with Crippen LogP contribution in [0.3, 0.4) is 0 Å². The highest BCUT2D eigenvalue weighted by molar-refractivity contribution is 5.94. The van der Waals surface area contributed by atoms with Crippen LogP contribution in [0.4, 0.5) is 11.4 Å². The van der Waals surface area contributed by atoms with E-state index < -0.39 is 6.04 Å². The van der Waals surface area contributed by atoms with Crippen molar-refractivity contribution < 1.29 is 4.79 Å². The van der Waals surface area contributed by atoms with Crippen LogP contribution in [0.1, 0.15) is 27.2 Å². The maximum absolute atomic E-state index is 11.6. The van der Waals surface area contributed by atoms with Gasteiger partial charge in [0.15, 0.2) is 0 Å². The molecule has 4 heteroatoms. The van der Waals surface area contributed by atoms with Crippen LogP contribution in [0, 0.1) is 0 Å². The molecule has 1 aromatic carbocycles. The van der Waals surface area contributed by atoms with Gasteiger partial charge in [-0.2, -0.15) is 0 Å². The predicted octanol–water partition coefficient (Wildman–Crippen LogP) is 2.21. The number of hydrogen-bond acceptors (Lipinski definition) is 3. The molecule has 1 amide bonds. The van der Waals surface area contributed by atoms with Crippen molar-refractivity contribution >= 4 is 17.3 Å². The summed E-state index contributed by atoms with van der Waals surface area (Å²) >= 11 is 0. The Morgan fingerprint density at radius 3 is 2.22 bits per heavy atom. The molecule has 1 atom stereocenters. The third-order valence-electron chi connectivity index (χ3n) is 3.04. The van der Waals surface area contributed by atoms with Crippen LogP contribution in [0.2, 0.25) is 0 Å². The average molecular weight is 249 g/mol. The van der Waals surface area contributed by atoms with E-state index in [9.17, 15) is 4.79 Å². The zero-order chi connectivity index (χ0) is 13.5. The minimum absolute atomic E-state index is 0.131. The Labute approximate surface area is 109 Å². The lowest BCUT2D eigenvalue weighted by Gasteiger charge is -2.21. The summed E-state index contributed by atoms with van der Waals surface area (Å²) in [4.78, 5) is 13.9. The van der Waals surface area contributed by atoms with Crippen LogP contribution >= 0.6 is 0 Å². The van der Waals surface area contributed by atoms with Crippen LogP contribution in [0.25, 0.3) is 0 Å². The Kier molecular flexibility index (Phi) is 5.65. The van der Waals surface area contributed by atoms with E-state index in [0.29, 0.717) is 6.42 Å². The lowest BCUT2D eigenvalue weighted by atomic mass is 10.2. The molecule has 18 heavy (non-hydrogen) atoms. The highest BCUT2D eigenvalue weighted by Gasteiger charge is 2.10. The first kappa shape index (κ1) is 14.5. The van der Waals surface area contributed by atoms with Gasteiger partial charge in [-0.25, -0.2) is 0 Å². The van der Waals surface area contributed by atoms with Gasteiger partial charge in [0, 0.05) is 24.5 Å². The van der Waals surface area contributed by atoms with Crippen LogP contribution in [-0.2, 0) is 4.79 Å². The van der Waals surface area contributed by atoms with Gasteiger partial charge in [-0.05, 0) is 44.5 Å². The third kappa shape index (κ3) is 3.74. The Morgan fingerprint density at radius 2 is 1.78 bits per heavy atom. The number of nitrogens with two attached hydrogens (primary N) is 1. The molecule has 0 radical (unpaired) electrons. The van der Waals surface area contributed by atoms with Crippen molar-refractivity contribution in [1.29, 1.82) is 0 Å². The lowest BCUT2D eigenvalue weighted by Crippen LogP contribution is -2.34. The number of amides is 1. The molecular formula is C14H23N3O. The van der Waals surface area contributed by atoms with Crippen LogP contribution in [0.15, 0.2) is 24.3 Å². The Balaban J connectivity index is 2.68. The number of hydrogen-bond donors (Lipinski definition) is 2. The smallest absolute Gasteiger partial charge is 0.241 e. The Morgan fingerprint density at radius 1 is 1.22 bits per heavy atom. The molecule has 1 unspecified atom stereocenters. The van der Waals surface area contributed by atoms with E-state index in [1.807, 2.05) is 31.2 Å². The molecule has 0 saturated carbocycles. The zero-order valence-electron chi connectivity index (χ0n) is 11.4. The topological polar surface area (TPSA) is 58.4 Å². The molecule has 0 aliphatic rings. The molecule has 0 heterocycles. The molecule has 1 rings (SSSR count). The molecule has 0 aliphatic heterocycles. The molecule has 0 aliphatic carbocycles.